The molecule has 0 atom stereocenters. The van der Waals surface area contributed by atoms with Crippen LogP contribution in [0.4, 0.5) is 0 Å². The number of isothiocyanates is 1. The summed E-state index contributed by atoms with van der Waals surface area (Å²) >= 11 is 4.46. The molecule has 0 spiro atoms. The molecule has 0 aliphatic heterocycles. The van der Waals surface area contributed by atoms with Crippen LogP contribution in [0.2, 0.25) is 0 Å². The predicted molar refractivity (Wildman–Crippen MR) is 61.3 cm³/mol. The Morgan fingerprint density at radius 3 is 2.57 bits per heavy atom. The Morgan fingerprint density at radius 2 is 2.00 bits per heavy atom. The number of aliphatic imine (C=N–C) groups is 1. The molecule has 0 fully saturated rings. The van der Waals surface area contributed by atoms with E-state index >= 15 is 0 Å². The molecule has 0 aliphatic carbocycles. The Hall–Kier alpha value is -1.18. The summed E-state index contributed by atoms with van der Waals surface area (Å²) in [5.41, 5.74) is 2.30. The van der Waals surface area contributed by atoms with E-state index in [-0.39, 0.29) is 0 Å². The molecule has 1 aromatic rings. The van der Waals surface area contributed by atoms with Crippen molar-refractivity contribution in [2.24, 2.45) is 4.99 Å². The standard InChI is InChI=1S/C11H13NOS/c1-9-4-3-5-10(2)11(9)13-7-6-12-8-14/h3-5H,6-7H2,1-2H3. The average Bonchev–Trinajstić information content (AvgIpc) is 2.16. The maximum Gasteiger partial charge on any atom is 0.125 e. The van der Waals surface area contributed by atoms with Gasteiger partial charge in [0, 0.05) is 0 Å². The van der Waals surface area contributed by atoms with Gasteiger partial charge in [-0.1, -0.05) is 18.2 Å². The lowest BCUT2D eigenvalue weighted by atomic mass is 10.1. The molecule has 1 aromatic carbocycles. The summed E-state index contributed by atoms with van der Waals surface area (Å²) in [6.45, 7) is 5.18. The van der Waals surface area contributed by atoms with E-state index in [2.05, 4.69) is 22.4 Å². The molecule has 74 valence electrons. The van der Waals surface area contributed by atoms with Crippen molar-refractivity contribution in [3.63, 3.8) is 0 Å². The van der Waals surface area contributed by atoms with Crippen LogP contribution in [0.3, 0.4) is 0 Å². The van der Waals surface area contributed by atoms with Crippen LogP contribution in [-0.2, 0) is 0 Å². The van der Waals surface area contributed by atoms with Crippen molar-refractivity contribution in [1.82, 2.24) is 0 Å². The molecule has 0 saturated heterocycles. The van der Waals surface area contributed by atoms with Crippen molar-refractivity contribution in [3.8, 4) is 5.75 Å². The van der Waals surface area contributed by atoms with Crippen molar-refractivity contribution in [2.45, 2.75) is 13.8 Å². The molecule has 0 heterocycles. The SMILES string of the molecule is Cc1cccc(C)c1OCCN=C=S. The molecule has 0 unspecified atom stereocenters. The minimum absolute atomic E-state index is 0.551. The average molecular weight is 207 g/mol. The first-order chi connectivity index (χ1) is 6.75. The lowest BCUT2D eigenvalue weighted by molar-refractivity contribution is 0.324. The summed E-state index contributed by atoms with van der Waals surface area (Å²) in [5, 5.41) is 2.31. The summed E-state index contributed by atoms with van der Waals surface area (Å²) < 4.78 is 5.59. The van der Waals surface area contributed by atoms with Crippen molar-refractivity contribution in [2.75, 3.05) is 13.2 Å². The zero-order valence-electron chi connectivity index (χ0n) is 8.41. The summed E-state index contributed by atoms with van der Waals surface area (Å²) in [5.74, 6) is 0.951. The molecule has 0 aliphatic rings. The summed E-state index contributed by atoms with van der Waals surface area (Å²) in [7, 11) is 0. The van der Waals surface area contributed by atoms with E-state index in [0.29, 0.717) is 13.2 Å². The first kappa shape index (κ1) is 10.9. The van der Waals surface area contributed by atoms with Crippen LogP contribution in [0.1, 0.15) is 11.1 Å². The molecule has 0 bridgehead atoms. The molecule has 0 radical (unpaired) electrons. The fourth-order valence-electron chi connectivity index (χ4n) is 1.27. The third-order valence-corrected chi connectivity index (χ3v) is 2.05. The highest BCUT2D eigenvalue weighted by Crippen LogP contribution is 2.21. The number of aryl methyl sites for hydroxylation is 2. The van der Waals surface area contributed by atoms with Gasteiger partial charge in [0.1, 0.15) is 12.4 Å². The number of para-hydroxylation sites is 1. The summed E-state index contributed by atoms with van der Waals surface area (Å²) in [6.07, 6.45) is 0. The Balaban J connectivity index is 2.61. The van der Waals surface area contributed by atoms with E-state index in [9.17, 15) is 0 Å². The van der Waals surface area contributed by atoms with E-state index < -0.39 is 0 Å². The topological polar surface area (TPSA) is 21.6 Å². The van der Waals surface area contributed by atoms with Crippen LogP contribution < -0.4 is 4.74 Å². The van der Waals surface area contributed by atoms with Crippen molar-refractivity contribution in [3.05, 3.63) is 29.3 Å². The zero-order chi connectivity index (χ0) is 10.4. The molecule has 0 N–H and O–H groups in total. The number of benzene rings is 1. The number of hydrogen-bond donors (Lipinski definition) is 0. The summed E-state index contributed by atoms with van der Waals surface area (Å²) in [4.78, 5) is 3.79. The number of ether oxygens (including phenoxy) is 1. The first-order valence-electron chi connectivity index (χ1n) is 4.48. The molecule has 0 amide bonds. The van der Waals surface area contributed by atoms with Gasteiger partial charge in [0.25, 0.3) is 0 Å². The fourth-order valence-corrected chi connectivity index (χ4v) is 1.36. The third kappa shape index (κ3) is 2.95. The molecular weight excluding hydrogens is 194 g/mol. The quantitative estimate of drug-likeness (QED) is 0.430. The van der Waals surface area contributed by atoms with Gasteiger partial charge in [-0.15, -0.1) is 0 Å². The lowest BCUT2D eigenvalue weighted by Crippen LogP contribution is -2.03. The Morgan fingerprint density at radius 1 is 1.36 bits per heavy atom. The molecule has 0 saturated carbocycles. The third-order valence-electron chi connectivity index (χ3n) is 1.92. The van der Waals surface area contributed by atoms with Gasteiger partial charge in [0.2, 0.25) is 0 Å². The maximum atomic E-state index is 5.59. The molecule has 0 aromatic heterocycles. The van der Waals surface area contributed by atoms with E-state index in [1.807, 2.05) is 32.0 Å². The number of hydrogen-bond acceptors (Lipinski definition) is 3. The highest BCUT2D eigenvalue weighted by atomic mass is 32.1. The van der Waals surface area contributed by atoms with Gasteiger partial charge in [-0.05, 0) is 37.2 Å². The van der Waals surface area contributed by atoms with Crippen molar-refractivity contribution < 1.29 is 4.74 Å². The minimum atomic E-state index is 0.551. The van der Waals surface area contributed by atoms with Gasteiger partial charge < -0.3 is 4.74 Å². The van der Waals surface area contributed by atoms with E-state index in [0.717, 1.165) is 16.9 Å². The second-order valence-corrected chi connectivity index (χ2v) is 3.22. The monoisotopic (exact) mass is 207 g/mol. The second kappa shape index (κ2) is 5.53. The van der Waals surface area contributed by atoms with E-state index in [4.69, 9.17) is 4.74 Å². The number of rotatable bonds is 4. The second-order valence-electron chi connectivity index (χ2n) is 3.04. The van der Waals surface area contributed by atoms with Crippen LogP contribution in [0.15, 0.2) is 23.2 Å². The van der Waals surface area contributed by atoms with Gasteiger partial charge in [-0.25, -0.2) is 4.99 Å². The number of nitrogens with zero attached hydrogens (tertiary/aromatic N) is 1. The Kier molecular flexibility index (Phi) is 4.30. The zero-order valence-corrected chi connectivity index (χ0v) is 9.23. The molecule has 14 heavy (non-hydrogen) atoms. The lowest BCUT2D eigenvalue weighted by Gasteiger charge is -2.10. The molecular formula is C11H13NOS. The molecule has 1 rings (SSSR count). The first-order valence-corrected chi connectivity index (χ1v) is 4.89. The Bertz CT molecular complexity index is 336. The highest BCUT2D eigenvalue weighted by Gasteiger charge is 2.01. The van der Waals surface area contributed by atoms with E-state index in [1.165, 1.54) is 0 Å². The van der Waals surface area contributed by atoms with Crippen LogP contribution >= 0.6 is 12.2 Å². The normalized spacial score (nSPS) is 9.29. The van der Waals surface area contributed by atoms with Crippen LogP contribution in [0, 0.1) is 13.8 Å². The van der Waals surface area contributed by atoms with Crippen molar-refractivity contribution >= 4 is 17.4 Å². The smallest absolute Gasteiger partial charge is 0.125 e. The van der Waals surface area contributed by atoms with Gasteiger partial charge in [-0.3, -0.25) is 0 Å². The van der Waals surface area contributed by atoms with Crippen molar-refractivity contribution in [1.29, 1.82) is 0 Å². The molecule has 3 heteroatoms. The van der Waals surface area contributed by atoms with Gasteiger partial charge >= 0.3 is 0 Å². The number of thiocarbonyl (C=S) groups is 1. The van der Waals surface area contributed by atoms with Gasteiger partial charge in [0.15, 0.2) is 0 Å². The van der Waals surface area contributed by atoms with Crippen LogP contribution in [-0.4, -0.2) is 18.3 Å². The van der Waals surface area contributed by atoms with E-state index in [1.54, 1.807) is 0 Å². The van der Waals surface area contributed by atoms with Crippen LogP contribution in [0.25, 0.3) is 0 Å². The highest BCUT2D eigenvalue weighted by molar-refractivity contribution is 7.78. The largest absolute Gasteiger partial charge is 0.491 e. The van der Waals surface area contributed by atoms with Gasteiger partial charge in [-0.2, -0.15) is 0 Å². The summed E-state index contributed by atoms with van der Waals surface area (Å²) in [6, 6.07) is 6.09. The van der Waals surface area contributed by atoms with Gasteiger partial charge in [0.05, 0.1) is 11.7 Å². The fraction of sp³-hybridized carbons (Fsp3) is 0.364. The minimum Gasteiger partial charge on any atom is -0.491 e. The maximum absolute atomic E-state index is 5.59. The van der Waals surface area contributed by atoms with Crippen LogP contribution in [0.5, 0.6) is 5.75 Å². The Labute approximate surface area is 89.6 Å². The molecule has 2 nitrogen and oxygen atoms in total. The predicted octanol–water partition coefficient (Wildman–Crippen LogP) is 2.79.